The smallest absolute Gasteiger partial charge is 0.0547 e. The minimum Gasteiger partial charge on any atom is -0.309 e. The van der Waals surface area contributed by atoms with E-state index in [-0.39, 0.29) is 0 Å². The number of hydrogen-bond acceptors (Lipinski definition) is 1. The van der Waals surface area contributed by atoms with Gasteiger partial charge in [0.05, 0.1) is 28.1 Å². The summed E-state index contributed by atoms with van der Waals surface area (Å²) < 4.78 is 2.50. The second kappa shape index (κ2) is 22.4. The zero-order valence-corrected chi connectivity index (χ0v) is 48.4. The van der Waals surface area contributed by atoms with Crippen molar-refractivity contribution < 1.29 is 0 Å². The molecular weight excluding hydrogens is 1060 g/mol. The van der Waals surface area contributed by atoms with E-state index >= 15 is 0 Å². The zero-order valence-electron chi connectivity index (χ0n) is 48.4. The molecule has 0 saturated carbocycles. The van der Waals surface area contributed by atoms with Crippen LogP contribution in [0.2, 0.25) is 0 Å². The summed E-state index contributed by atoms with van der Waals surface area (Å²) in [7, 11) is 0. The lowest BCUT2D eigenvalue weighted by atomic mass is 9.86. The van der Waals surface area contributed by atoms with Crippen LogP contribution in [0.1, 0.15) is 0 Å². The minimum absolute atomic E-state index is 1.02. The summed E-state index contributed by atoms with van der Waals surface area (Å²) in [6.45, 7) is 0. The van der Waals surface area contributed by atoms with Crippen LogP contribution >= 0.6 is 0 Å². The SMILES string of the molecule is c1ccc(-c2cc(-c3ccc(N(c4ccc(-c5cccc6ccccc56)cc4-c4ccccc4)c4ccc(-c5cccc6ccccc56)cc4-c4ccccc4)cc3-c3ccccc3)c(-n3c4ccccc4c4ccccc43)cc2-c2ccccc2)cc1. The quantitative estimate of drug-likeness (QED) is 0.118. The minimum atomic E-state index is 1.02. The van der Waals surface area contributed by atoms with Gasteiger partial charge in [0.2, 0.25) is 0 Å². The monoisotopic (exact) mass is 1120 g/mol. The summed E-state index contributed by atoms with van der Waals surface area (Å²) >= 11 is 0. The first-order chi connectivity index (χ1) is 43.7. The first-order valence-corrected chi connectivity index (χ1v) is 30.3. The molecule has 0 aliphatic rings. The number of nitrogens with zero attached hydrogens (tertiary/aromatic N) is 2. The molecule has 16 rings (SSSR count). The summed E-state index contributed by atoms with van der Waals surface area (Å²) in [5.41, 5.74) is 24.8. The molecule has 412 valence electrons. The number of anilines is 3. The van der Waals surface area contributed by atoms with Gasteiger partial charge < -0.3 is 9.47 Å². The molecule has 15 aromatic carbocycles. The van der Waals surface area contributed by atoms with E-state index in [2.05, 4.69) is 361 Å². The summed E-state index contributed by atoms with van der Waals surface area (Å²) in [5, 5.41) is 7.30. The number of benzene rings is 15. The lowest BCUT2D eigenvalue weighted by molar-refractivity contribution is 1.18. The molecule has 0 spiro atoms. The van der Waals surface area contributed by atoms with Crippen LogP contribution in [0, 0.1) is 0 Å². The van der Waals surface area contributed by atoms with Crippen LogP contribution in [-0.4, -0.2) is 4.57 Å². The van der Waals surface area contributed by atoms with Gasteiger partial charge in [-0.25, -0.2) is 0 Å². The average Bonchev–Trinajstić information content (AvgIpc) is 1.83. The molecule has 0 aliphatic heterocycles. The number of rotatable bonds is 12. The van der Waals surface area contributed by atoms with Gasteiger partial charge in [-0.1, -0.05) is 291 Å². The van der Waals surface area contributed by atoms with E-state index in [1.807, 2.05) is 0 Å². The molecule has 88 heavy (non-hydrogen) atoms. The molecule has 0 atom stereocenters. The van der Waals surface area contributed by atoms with E-state index in [0.29, 0.717) is 0 Å². The Kier molecular flexibility index (Phi) is 13.3. The number of para-hydroxylation sites is 2. The van der Waals surface area contributed by atoms with Gasteiger partial charge in [-0.2, -0.15) is 0 Å². The highest BCUT2D eigenvalue weighted by atomic mass is 15.1. The fraction of sp³-hybridized carbons (Fsp3) is 0. The Labute approximate surface area is 513 Å². The maximum absolute atomic E-state index is 2.53. The number of fused-ring (bicyclic) bond motifs is 5. The van der Waals surface area contributed by atoms with E-state index in [0.717, 1.165) is 112 Å². The lowest BCUT2D eigenvalue weighted by Crippen LogP contribution is -2.13. The van der Waals surface area contributed by atoms with E-state index in [1.54, 1.807) is 0 Å². The van der Waals surface area contributed by atoms with Gasteiger partial charge in [0.25, 0.3) is 0 Å². The summed E-state index contributed by atoms with van der Waals surface area (Å²) in [4.78, 5) is 2.53. The second-order valence-corrected chi connectivity index (χ2v) is 22.7. The molecule has 0 N–H and O–H groups in total. The van der Waals surface area contributed by atoms with Crippen molar-refractivity contribution in [2.24, 2.45) is 0 Å². The Hall–Kier alpha value is -11.6. The Bertz CT molecular complexity index is 5010. The normalized spacial score (nSPS) is 11.4. The van der Waals surface area contributed by atoms with Crippen molar-refractivity contribution in [1.82, 2.24) is 4.57 Å². The van der Waals surface area contributed by atoms with Crippen molar-refractivity contribution in [3.63, 3.8) is 0 Å². The van der Waals surface area contributed by atoms with Crippen LogP contribution in [0.4, 0.5) is 17.1 Å². The van der Waals surface area contributed by atoms with Crippen molar-refractivity contribution >= 4 is 60.4 Å². The standard InChI is InChI=1S/C86H58N2/c1-6-26-61(27-7-1)76-56-68(50-51-73(76)81-57-77(62-28-8-2-9-29-62)78(63-30-10-3-11-31-63)58-86(81)88-82-46-22-20-42-74(82)75-43-21-23-47-83(75)88)87(84-52-48-66(54-79(84)64-32-12-4-13-33-64)71-44-24-38-59-36-16-18-40-69(59)71)85-53-49-67(55-80(85)65-34-14-5-15-35-65)72-45-25-39-60-37-17-19-41-70(60)72/h1-58H. The van der Waals surface area contributed by atoms with Gasteiger partial charge >= 0.3 is 0 Å². The van der Waals surface area contributed by atoms with Crippen molar-refractivity contribution in [2.45, 2.75) is 0 Å². The topological polar surface area (TPSA) is 8.17 Å². The van der Waals surface area contributed by atoms with Crippen molar-refractivity contribution in [2.75, 3.05) is 4.90 Å². The van der Waals surface area contributed by atoms with Gasteiger partial charge in [0.1, 0.15) is 0 Å². The molecule has 0 amide bonds. The molecule has 0 fully saturated rings. The summed E-state index contributed by atoms with van der Waals surface area (Å²) in [6, 6.07) is 130. The Morgan fingerprint density at radius 3 is 1.01 bits per heavy atom. The molecule has 1 aromatic heterocycles. The van der Waals surface area contributed by atoms with Crippen LogP contribution in [0.15, 0.2) is 352 Å². The predicted octanol–water partition coefficient (Wildman–Crippen LogP) is 23.9. The molecule has 0 radical (unpaired) electrons. The first kappa shape index (κ1) is 52.0. The van der Waals surface area contributed by atoms with Gasteiger partial charge in [-0.05, 0) is 155 Å². The van der Waals surface area contributed by atoms with E-state index in [1.165, 1.54) is 43.4 Å². The third-order valence-corrected chi connectivity index (χ3v) is 17.6. The Balaban J connectivity index is 1.01. The highest BCUT2D eigenvalue weighted by Crippen LogP contribution is 2.51. The highest BCUT2D eigenvalue weighted by molar-refractivity contribution is 6.11. The molecule has 16 aromatic rings. The van der Waals surface area contributed by atoms with Crippen molar-refractivity contribution in [3.8, 4) is 94.7 Å². The van der Waals surface area contributed by atoms with E-state index in [4.69, 9.17) is 0 Å². The van der Waals surface area contributed by atoms with Crippen LogP contribution in [0.25, 0.3) is 138 Å². The maximum atomic E-state index is 2.53. The van der Waals surface area contributed by atoms with Crippen LogP contribution in [0.5, 0.6) is 0 Å². The van der Waals surface area contributed by atoms with E-state index < -0.39 is 0 Å². The third kappa shape index (κ3) is 9.32. The second-order valence-electron chi connectivity index (χ2n) is 22.7. The molecule has 0 bridgehead atoms. The van der Waals surface area contributed by atoms with Gasteiger partial charge in [-0.15, -0.1) is 0 Å². The van der Waals surface area contributed by atoms with E-state index in [9.17, 15) is 0 Å². The molecule has 2 heteroatoms. The highest BCUT2D eigenvalue weighted by Gasteiger charge is 2.27. The molecule has 2 nitrogen and oxygen atoms in total. The van der Waals surface area contributed by atoms with Crippen molar-refractivity contribution in [1.29, 1.82) is 0 Å². The van der Waals surface area contributed by atoms with Gasteiger partial charge in [0.15, 0.2) is 0 Å². The average molecular weight is 1120 g/mol. The third-order valence-electron chi connectivity index (χ3n) is 17.6. The fourth-order valence-electron chi connectivity index (χ4n) is 13.5. The van der Waals surface area contributed by atoms with Gasteiger partial charge in [0, 0.05) is 33.2 Å². The predicted molar refractivity (Wildman–Crippen MR) is 374 cm³/mol. The lowest BCUT2D eigenvalue weighted by Gasteiger charge is -2.31. The molecule has 0 unspecified atom stereocenters. The summed E-state index contributed by atoms with van der Waals surface area (Å²) in [6.07, 6.45) is 0. The van der Waals surface area contributed by atoms with Crippen LogP contribution in [-0.2, 0) is 0 Å². The molecule has 0 aliphatic carbocycles. The Morgan fingerprint density at radius 1 is 0.193 bits per heavy atom. The fourth-order valence-corrected chi connectivity index (χ4v) is 13.5. The number of hydrogen-bond donors (Lipinski definition) is 0. The molecule has 1 heterocycles. The van der Waals surface area contributed by atoms with Crippen LogP contribution < -0.4 is 4.90 Å². The number of aromatic nitrogens is 1. The Morgan fingerprint density at radius 2 is 0.557 bits per heavy atom. The largest absolute Gasteiger partial charge is 0.309 e. The van der Waals surface area contributed by atoms with Crippen LogP contribution in [0.3, 0.4) is 0 Å². The van der Waals surface area contributed by atoms with Crippen molar-refractivity contribution in [3.05, 3.63) is 352 Å². The maximum Gasteiger partial charge on any atom is 0.0547 e. The van der Waals surface area contributed by atoms with Gasteiger partial charge in [-0.3, -0.25) is 0 Å². The molecule has 0 saturated heterocycles. The molecular formula is C86H58N2. The zero-order chi connectivity index (χ0) is 58.3. The first-order valence-electron chi connectivity index (χ1n) is 30.3. The summed E-state index contributed by atoms with van der Waals surface area (Å²) in [5.74, 6) is 0.